The van der Waals surface area contributed by atoms with Gasteiger partial charge in [-0.3, -0.25) is 20.2 Å². The van der Waals surface area contributed by atoms with Crippen LogP contribution in [0.3, 0.4) is 0 Å². The van der Waals surface area contributed by atoms with Gasteiger partial charge in [0.1, 0.15) is 11.5 Å². The molecule has 1 heterocycles. The van der Waals surface area contributed by atoms with Gasteiger partial charge in [0.25, 0.3) is 11.6 Å². The number of nitrogens with zero attached hydrogens (tertiary/aromatic N) is 2. The Morgan fingerprint density at radius 2 is 2.08 bits per heavy atom. The van der Waals surface area contributed by atoms with Crippen LogP contribution in [0.15, 0.2) is 12.1 Å². The molecular formula is C15H15FN4O3S. The van der Waals surface area contributed by atoms with Gasteiger partial charge in [0.05, 0.1) is 22.2 Å². The van der Waals surface area contributed by atoms with Crippen molar-refractivity contribution in [3.63, 3.8) is 0 Å². The minimum atomic E-state index is -0.893. The molecule has 0 radical (unpaired) electrons. The average Bonchev–Trinajstić information content (AvgIpc) is 2.77. The van der Waals surface area contributed by atoms with Crippen LogP contribution >= 0.6 is 11.3 Å². The van der Waals surface area contributed by atoms with E-state index in [9.17, 15) is 19.3 Å². The minimum Gasteiger partial charge on any atom is -0.393 e. The highest BCUT2D eigenvalue weighted by molar-refractivity contribution is 7.15. The molecule has 1 aliphatic carbocycles. The second-order valence-corrected chi connectivity index (χ2v) is 6.63. The molecule has 7 nitrogen and oxygen atoms in total. The number of rotatable bonds is 3. The van der Waals surface area contributed by atoms with E-state index in [1.807, 2.05) is 0 Å². The normalized spacial score (nSPS) is 13.9. The van der Waals surface area contributed by atoms with Crippen LogP contribution in [0.5, 0.6) is 0 Å². The Bertz CT molecular complexity index is 798. The molecule has 0 aliphatic heterocycles. The first kappa shape index (κ1) is 16.3. The van der Waals surface area contributed by atoms with Gasteiger partial charge in [-0.25, -0.2) is 9.37 Å². The lowest BCUT2D eigenvalue weighted by Gasteiger charge is -2.06. The number of nitrogens with two attached hydrogens (primary N) is 1. The van der Waals surface area contributed by atoms with Crippen LogP contribution < -0.4 is 11.1 Å². The van der Waals surface area contributed by atoms with Gasteiger partial charge >= 0.3 is 0 Å². The van der Waals surface area contributed by atoms with Crippen molar-refractivity contribution in [2.45, 2.75) is 32.1 Å². The summed E-state index contributed by atoms with van der Waals surface area (Å²) >= 11 is 1.38. The molecule has 1 aromatic heterocycles. The van der Waals surface area contributed by atoms with Crippen LogP contribution in [0.25, 0.3) is 0 Å². The highest BCUT2D eigenvalue weighted by atomic mass is 32.1. The summed E-state index contributed by atoms with van der Waals surface area (Å²) in [5.41, 5.74) is 5.35. The Hall–Kier alpha value is -2.55. The summed E-state index contributed by atoms with van der Waals surface area (Å²) in [6.45, 7) is 0. The van der Waals surface area contributed by atoms with Crippen LogP contribution in [0.4, 0.5) is 20.9 Å². The van der Waals surface area contributed by atoms with Gasteiger partial charge in [-0.2, -0.15) is 0 Å². The summed E-state index contributed by atoms with van der Waals surface area (Å²) in [5.74, 6) is -1.60. The molecule has 1 aromatic carbocycles. The maximum absolute atomic E-state index is 13.5. The SMILES string of the molecule is Nc1c(C(=O)Nc2nc3c(s2)CCCCC3)cc(F)cc1[N+](=O)[O-]. The monoisotopic (exact) mass is 350 g/mol. The number of amides is 1. The predicted molar refractivity (Wildman–Crippen MR) is 88.8 cm³/mol. The summed E-state index contributed by atoms with van der Waals surface area (Å²) in [7, 11) is 0. The fourth-order valence-corrected chi connectivity index (χ4v) is 3.73. The minimum absolute atomic E-state index is 0.271. The van der Waals surface area contributed by atoms with Crippen molar-refractivity contribution < 1.29 is 14.1 Å². The molecule has 0 unspecified atom stereocenters. The summed E-state index contributed by atoms with van der Waals surface area (Å²) in [6.07, 6.45) is 5.11. The van der Waals surface area contributed by atoms with E-state index in [0.717, 1.165) is 48.7 Å². The summed E-state index contributed by atoms with van der Waals surface area (Å²) in [6, 6.07) is 1.58. The zero-order valence-corrected chi connectivity index (χ0v) is 13.5. The number of hydrogen-bond acceptors (Lipinski definition) is 6. The van der Waals surface area contributed by atoms with Crippen LogP contribution in [-0.2, 0) is 12.8 Å². The number of nitro groups is 1. The highest BCUT2D eigenvalue weighted by Gasteiger charge is 2.23. The Kier molecular flexibility index (Phi) is 4.43. The number of aryl methyl sites for hydroxylation is 2. The van der Waals surface area contributed by atoms with Crippen LogP contribution in [0.1, 0.15) is 40.2 Å². The zero-order chi connectivity index (χ0) is 17.3. The number of nitrogens with one attached hydrogen (secondary N) is 1. The van der Waals surface area contributed by atoms with Crippen LogP contribution in [-0.4, -0.2) is 15.8 Å². The smallest absolute Gasteiger partial charge is 0.295 e. The largest absolute Gasteiger partial charge is 0.393 e. The van der Waals surface area contributed by atoms with Crippen molar-refractivity contribution in [1.82, 2.24) is 4.98 Å². The number of aromatic nitrogens is 1. The third kappa shape index (κ3) is 3.21. The van der Waals surface area contributed by atoms with Gasteiger partial charge in [0.2, 0.25) is 0 Å². The third-order valence-electron chi connectivity index (χ3n) is 3.88. The predicted octanol–water partition coefficient (Wildman–Crippen LogP) is 3.29. The first-order valence-electron chi connectivity index (χ1n) is 7.49. The number of fused-ring (bicyclic) bond motifs is 1. The first-order valence-corrected chi connectivity index (χ1v) is 8.30. The van der Waals surface area contributed by atoms with Crippen molar-refractivity contribution in [2.24, 2.45) is 0 Å². The molecule has 1 aliphatic rings. The van der Waals surface area contributed by atoms with E-state index < -0.39 is 22.3 Å². The standard InChI is InChI=1S/C15H15FN4O3S/c16-8-6-9(13(17)11(7-8)20(22)23)14(21)19-15-18-10-4-2-1-3-5-12(10)24-15/h6-7H,1-5,17H2,(H,18,19,21). The molecular weight excluding hydrogens is 335 g/mol. The van der Waals surface area contributed by atoms with E-state index in [2.05, 4.69) is 10.3 Å². The van der Waals surface area contributed by atoms with Gasteiger partial charge in [-0.1, -0.05) is 6.42 Å². The zero-order valence-electron chi connectivity index (χ0n) is 12.7. The number of carbonyl (C=O) groups is 1. The quantitative estimate of drug-likeness (QED) is 0.382. The number of halogens is 1. The fraction of sp³-hybridized carbons (Fsp3) is 0.333. The van der Waals surface area contributed by atoms with Crippen molar-refractivity contribution in [2.75, 3.05) is 11.1 Å². The topological polar surface area (TPSA) is 111 Å². The van der Waals surface area contributed by atoms with Crippen molar-refractivity contribution in [1.29, 1.82) is 0 Å². The Morgan fingerprint density at radius 3 is 2.83 bits per heavy atom. The van der Waals surface area contributed by atoms with Crippen molar-refractivity contribution >= 4 is 33.8 Å². The summed E-state index contributed by atoms with van der Waals surface area (Å²) < 4.78 is 13.5. The van der Waals surface area contributed by atoms with Crippen molar-refractivity contribution in [3.05, 3.63) is 44.2 Å². The van der Waals surface area contributed by atoms with Gasteiger partial charge in [-0.15, -0.1) is 11.3 Å². The molecule has 0 saturated carbocycles. The molecule has 1 amide bonds. The Morgan fingerprint density at radius 1 is 1.33 bits per heavy atom. The van der Waals surface area contributed by atoms with E-state index in [1.165, 1.54) is 11.3 Å². The molecule has 0 bridgehead atoms. The van der Waals surface area contributed by atoms with Gasteiger partial charge in [0.15, 0.2) is 5.13 Å². The van der Waals surface area contributed by atoms with E-state index in [4.69, 9.17) is 5.73 Å². The molecule has 0 saturated heterocycles. The molecule has 2 aromatic rings. The van der Waals surface area contributed by atoms with Gasteiger partial charge in [0, 0.05) is 4.88 Å². The van der Waals surface area contributed by atoms with E-state index >= 15 is 0 Å². The first-order chi connectivity index (χ1) is 11.5. The molecule has 0 fully saturated rings. The lowest BCUT2D eigenvalue weighted by molar-refractivity contribution is -0.384. The third-order valence-corrected chi connectivity index (χ3v) is 4.95. The number of carbonyl (C=O) groups excluding carboxylic acids is 1. The second kappa shape index (κ2) is 6.52. The number of anilines is 2. The number of nitro benzene ring substituents is 1. The Balaban J connectivity index is 1.87. The molecule has 0 atom stereocenters. The number of hydrogen-bond donors (Lipinski definition) is 2. The van der Waals surface area contributed by atoms with Crippen molar-refractivity contribution in [3.8, 4) is 0 Å². The summed E-state index contributed by atoms with van der Waals surface area (Å²) in [5, 5.41) is 13.9. The molecule has 0 spiro atoms. The van der Waals surface area contributed by atoms with E-state index in [0.29, 0.717) is 11.2 Å². The lowest BCUT2D eigenvalue weighted by atomic mass is 10.1. The second-order valence-electron chi connectivity index (χ2n) is 5.55. The van der Waals surface area contributed by atoms with E-state index in [-0.39, 0.29) is 11.3 Å². The number of benzene rings is 1. The van der Waals surface area contributed by atoms with E-state index in [1.54, 1.807) is 0 Å². The number of thiazole rings is 1. The van der Waals surface area contributed by atoms with Gasteiger partial charge in [-0.05, 0) is 31.7 Å². The lowest BCUT2D eigenvalue weighted by Crippen LogP contribution is -2.15. The summed E-state index contributed by atoms with van der Waals surface area (Å²) in [4.78, 5) is 27.9. The Labute approximate surface area is 140 Å². The van der Waals surface area contributed by atoms with Gasteiger partial charge < -0.3 is 5.73 Å². The highest BCUT2D eigenvalue weighted by Crippen LogP contribution is 2.31. The van der Waals surface area contributed by atoms with Crippen LogP contribution in [0.2, 0.25) is 0 Å². The molecule has 3 rings (SSSR count). The molecule has 3 N–H and O–H groups in total. The molecule has 9 heteroatoms. The molecule has 126 valence electrons. The van der Waals surface area contributed by atoms with Crippen LogP contribution in [0, 0.1) is 15.9 Å². The fourth-order valence-electron chi connectivity index (χ4n) is 2.69. The number of nitrogen functional groups attached to an aromatic ring is 1. The molecule has 24 heavy (non-hydrogen) atoms. The maximum atomic E-state index is 13.5. The average molecular weight is 350 g/mol. The maximum Gasteiger partial charge on any atom is 0.295 e.